The molecule has 1 atom stereocenters. The average molecular weight is 503 g/mol. The number of nitrogens with one attached hydrogen (secondary N) is 1. The zero-order valence-electron chi connectivity index (χ0n) is 20.4. The lowest BCUT2D eigenvalue weighted by molar-refractivity contribution is -0.561. The Hall–Kier alpha value is -4.40. The highest BCUT2D eigenvalue weighted by Crippen LogP contribution is 2.33. The largest absolute Gasteiger partial charge is 0.343 e. The minimum Gasteiger partial charge on any atom is -0.343 e. The molecule has 188 valence electrons. The molecule has 1 N–H and O–H groups in total. The van der Waals surface area contributed by atoms with Crippen LogP contribution in [0.3, 0.4) is 0 Å². The molecule has 1 amide bonds. The summed E-state index contributed by atoms with van der Waals surface area (Å²) in [5.41, 5.74) is 2.86. The maximum atomic E-state index is 14.1. The third-order valence-corrected chi connectivity index (χ3v) is 6.48. The van der Waals surface area contributed by atoms with E-state index < -0.39 is 17.9 Å². The minimum atomic E-state index is -3.01. The van der Waals surface area contributed by atoms with Crippen molar-refractivity contribution in [3.8, 4) is 0 Å². The Morgan fingerprint density at radius 2 is 1.84 bits per heavy atom. The number of hydrazone groups is 1. The second-order valence-corrected chi connectivity index (χ2v) is 9.04. The van der Waals surface area contributed by atoms with Gasteiger partial charge in [-0.05, 0) is 46.2 Å². The molecule has 2 heterocycles. The van der Waals surface area contributed by atoms with E-state index >= 15 is 0 Å². The number of rotatable bonds is 7. The summed E-state index contributed by atoms with van der Waals surface area (Å²) in [4.78, 5) is 26.7. The Labute approximate surface area is 212 Å². The van der Waals surface area contributed by atoms with E-state index in [1.807, 2.05) is 54.7 Å². The van der Waals surface area contributed by atoms with Gasteiger partial charge in [-0.25, -0.2) is 8.78 Å². The number of hydrogen-bond acceptors (Lipinski definition) is 3. The summed E-state index contributed by atoms with van der Waals surface area (Å²) in [7, 11) is 0. The molecule has 5 rings (SSSR count). The van der Waals surface area contributed by atoms with Gasteiger partial charge < -0.3 is 9.88 Å². The number of hydrogen-bond donors (Lipinski definition) is 1. The quantitative estimate of drug-likeness (QED) is 0.311. The molecule has 0 saturated carbocycles. The van der Waals surface area contributed by atoms with E-state index in [2.05, 4.69) is 15.0 Å². The maximum Gasteiger partial charge on any atom is 0.306 e. The summed E-state index contributed by atoms with van der Waals surface area (Å²) < 4.78 is 30.3. The molecular weight excluding hydrogens is 476 g/mol. The molecule has 9 heteroatoms. The molecule has 0 spiro atoms. The molecule has 7 nitrogen and oxygen atoms in total. The molecule has 0 radical (unpaired) electrons. The fraction of sp³-hybridized carbons (Fsp3) is 0.214. The SMILES string of the molecule is CCC(F)(F)c1cccc(NC(=O)C2C(C)=NN(c3ccc4ccn(Cc5ccccc5)c4c3)[N+]2=O)c1. The Morgan fingerprint density at radius 3 is 2.59 bits per heavy atom. The first kappa shape index (κ1) is 24.3. The smallest absolute Gasteiger partial charge is 0.306 e. The van der Waals surface area contributed by atoms with Crippen LogP contribution < -0.4 is 10.4 Å². The highest BCUT2D eigenvalue weighted by atomic mass is 19.3. The van der Waals surface area contributed by atoms with Crippen molar-refractivity contribution >= 4 is 33.9 Å². The van der Waals surface area contributed by atoms with Crippen molar-refractivity contribution in [1.82, 2.24) is 4.57 Å². The van der Waals surface area contributed by atoms with E-state index in [4.69, 9.17) is 0 Å². The van der Waals surface area contributed by atoms with E-state index in [0.717, 1.165) is 21.6 Å². The van der Waals surface area contributed by atoms with Crippen LogP contribution >= 0.6 is 0 Å². The summed E-state index contributed by atoms with van der Waals surface area (Å²) >= 11 is 0. The Morgan fingerprint density at radius 1 is 1.05 bits per heavy atom. The number of carbonyl (C=O) groups excluding carboxylic acids is 1. The molecule has 4 aromatic rings. The van der Waals surface area contributed by atoms with Crippen LogP contribution in [0.4, 0.5) is 20.2 Å². The lowest BCUT2D eigenvalue weighted by Gasteiger charge is -2.16. The Bertz CT molecular complexity index is 1510. The van der Waals surface area contributed by atoms with Crippen LogP contribution in [0.15, 0.2) is 90.2 Å². The number of halogens is 2. The zero-order chi connectivity index (χ0) is 26.2. The van der Waals surface area contributed by atoms with Gasteiger partial charge in [-0.3, -0.25) is 4.79 Å². The van der Waals surface area contributed by atoms with Gasteiger partial charge in [-0.2, -0.15) is 0 Å². The van der Waals surface area contributed by atoms with Crippen LogP contribution in [0.1, 0.15) is 31.4 Å². The summed E-state index contributed by atoms with van der Waals surface area (Å²) in [6, 6.07) is 21.8. The number of nitrogens with zero attached hydrogens (tertiary/aromatic N) is 4. The van der Waals surface area contributed by atoms with E-state index in [1.165, 1.54) is 31.2 Å². The topological polar surface area (TPSA) is 69.7 Å². The van der Waals surface area contributed by atoms with Crippen molar-refractivity contribution < 1.29 is 18.4 Å². The number of aromatic nitrogens is 1. The molecule has 1 aliphatic rings. The van der Waals surface area contributed by atoms with Crippen LogP contribution in [0.2, 0.25) is 0 Å². The van der Waals surface area contributed by atoms with Crippen molar-refractivity contribution in [3.05, 3.63) is 101 Å². The summed E-state index contributed by atoms with van der Waals surface area (Å²) in [5.74, 6) is -3.66. The van der Waals surface area contributed by atoms with Crippen LogP contribution in [-0.4, -0.2) is 27.1 Å². The van der Waals surface area contributed by atoms with Gasteiger partial charge in [0.25, 0.3) is 11.8 Å². The summed E-state index contributed by atoms with van der Waals surface area (Å²) in [5, 5.41) is 9.08. The first-order valence-corrected chi connectivity index (χ1v) is 12.0. The van der Waals surface area contributed by atoms with Gasteiger partial charge >= 0.3 is 6.04 Å². The third kappa shape index (κ3) is 4.72. The fourth-order valence-electron chi connectivity index (χ4n) is 4.43. The molecule has 37 heavy (non-hydrogen) atoms. The van der Waals surface area contributed by atoms with Crippen LogP contribution in [0.5, 0.6) is 0 Å². The number of amides is 1. The predicted molar refractivity (Wildman–Crippen MR) is 140 cm³/mol. The van der Waals surface area contributed by atoms with E-state index in [1.54, 1.807) is 13.0 Å². The molecular formula is C28H26F2N5O2+. The van der Waals surface area contributed by atoms with E-state index in [0.29, 0.717) is 22.8 Å². The van der Waals surface area contributed by atoms with E-state index in [-0.39, 0.29) is 17.7 Å². The average Bonchev–Trinajstić information content (AvgIpc) is 3.43. The number of benzene rings is 3. The molecule has 0 saturated heterocycles. The Balaban J connectivity index is 1.37. The second-order valence-electron chi connectivity index (χ2n) is 9.04. The zero-order valence-corrected chi connectivity index (χ0v) is 20.4. The van der Waals surface area contributed by atoms with Gasteiger partial charge in [-0.1, -0.05) is 55.5 Å². The molecule has 0 aliphatic carbocycles. The fourth-order valence-corrected chi connectivity index (χ4v) is 4.43. The molecule has 3 aromatic carbocycles. The predicted octanol–water partition coefficient (Wildman–Crippen LogP) is 6.09. The van der Waals surface area contributed by atoms with Gasteiger partial charge in [0.2, 0.25) is 5.71 Å². The standard InChI is InChI=1S/C28H25F2N5O2/c1-3-28(29,30)22-10-7-11-23(16-22)31-27(36)26-19(2)32-34(35(26)37)24-13-12-21-14-15-33(25(21)17-24)18-20-8-5-4-6-9-20/h4-17,26H,3,18H2,1-2H3/p+1. The van der Waals surface area contributed by atoms with Crippen molar-refractivity contribution in [2.75, 3.05) is 10.4 Å². The Kier molecular flexibility index (Phi) is 6.29. The number of alkyl halides is 2. The van der Waals surface area contributed by atoms with Crippen LogP contribution in [-0.2, 0) is 17.3 Å². The first-order chi connectivity index (χ1) is 17.8. The van der Waals surface area contributed by atoms with Crippen LogP contribution in [0, 0.1) is 4.91 Å². The molecule has 1 unspecified atom stereocenters. The maximum absolute atomic E-state index is 14.1. The number of hydrazine groups is 1. The van der Waals surface area contributed by atoms with E-state index in [9.17, 15) is 18.5 Å². The highest BCUT2D eigenvalue weighted by molar-refractivity contribution is 6.11. The van der Waals surface area contributed by atoms with Gasteiger partial charge in [0.1, 0.15) is 5.69 Å². The van der Waals surface area contributed by atoms with Gasteiger partial charge in [0, 0.05) is 47.6 Å². The van der Waals surface area contributed by atoms with Gasteiger partial charge in [0.05, 0.1) is 10.4 Å². The number of nitroso groups, excluding NO2 is 1. The van der Waals surface area contributed by atoms with Crippen molar-refractivity contribution in [2.45, 2.75) is 38.8 Å². The van der Waals surface area contributed by atoms with Crippen LogP contribution in [0.25, 0.3) is 10.9 Å². The normalized spacial score (nSPS) is 15.8. The summed E-state index contributed by atoms with van der Waals surface area (Å²) in [6.45, 7) is 3.65. The first-order valence-electron chi connectivity index (χ1n) is 12.0. The molecule has 0 fully saturated rings. The van der Waals surface area contributed by atoms with Crippen molar-refractivity contribution in [2.24, 2.45) is 5.10 Å². The monoisotopic (exact) mass is 502 g/mol. The molecule has 1 aliphatic heterocycles. The number of fused-ring (bicyclic) bond motifs is 1. The van der Waals surface area contributed by atoms with Gasteiger partial charge in [-0.15, -0.1) is 0 Å². The number of carbonyl (C=O) groups is 1. The number of anilines is 2. The van der Waals surface area contributed by atoms with Gasteiger partial charge in [0.15, 0.2) is 0 Å². The lowest BCUT2D eigenvalue weighted by atomic mass is 10.1. The summed E-state index contributed by atoms with van der Waals surface area (Å²) in [6.07, 6.45) is 1.63. The lowest BCUT2D eigenvalue weighted by Crippen LogP contribution is -2.42. The minimum absolute atomic E-state index is 0.190. The molecule has 1 aromatic heterocycles. The third-order valence-electron chi connectivity index (χ3n) is 6.48. The van der Waals surface area contributed by atoms with Crippen molar-refractivity contribution in [1.29, 1.82) is 0 Å². The highest BCUT2D eigenvalue weighted by Gasteiger charge is 2.47. The van der Waals surface area contributed by atoms with Crippen molar-refractivity contribution in [3.63, 3.8) is 0 Å². The second kappa shape index (κ2) is 9.57. The molecule has 0 bridgehead atoms.